The minimum atomic E-state index is 0.205. The maximum absolute atomic E-state index is 6.28. The van der Waals surface area contributed by atoms with E-state index in [1.165, 1.54) is 11.1 Å². The van der Waals surface area contributed by atoms with Gasteiger partial charge in [0.25, 0.3) is 0 Å². The Morgan fingerprint density at radius 1 is 1.25 bits per heavy atom. The lowest BCUT2D eigenvalue weighted by Gasteiger charge is -2.37. The summed E-state index contributed by atoms with van der Waals surface area (Å²) in [5.74, 6) is 0.751. The van der Waals surface area contributed by atoms with E-state index in [0.717, 1.165) is 18.8 Å². The summed E-state index contributed by atoms with van der Waals surface area (Å²) >= 11 is 12.2. The molecule has 5 heteroatoms. The van der Waals surface area contributed by atoms with E-state index < -0.39 is 0 Å². The van der Waals surface area contributed by atoms with Crippen molar-refractivity contribution in [2.45, 2.75) is 19.0 Å². The lowest BCUT2D eigenvalue weighted by molar-refractivity contribution is 0.556. The first-order valence-corrected chi connectivity index (χ1v) is 7.29. The first kappa shape index (κ1) is 13.7. The number of hydrogen-bond donors (Lipinski definition) is 1. The molecule has 0 aliphatic carbocycles. The van der Waals surface area contributed by atoms with Gasteiger partial charge in [0.15, 0.2) is 0 Å². The van der Waals surface area contributed by atoms with Gasteiger partial charge in [-0.1, -0.05) is 47.5 Å². The van der Waals surface area contributed by atoms with Crippen molar-refractivity contribution in [2.75, 3.05) is 11.4 Å². The number of fused-ring (bicyclic) bond motifs is 1. The predicted octanol–water partition coefficient (Wildman–Crippen LogP) is 3.28. The van der Waals surface area contributed by atoms with E-state index in [1.54, 1.807) is 12.3 Å². The van der Waals surface area contributed by atoms with Gasteiger partial charge in [-0.15, -0.1) is 0 Å². The summed E-state index contributed by atoms with van der Waals surface area (Å²) in [5, 5.41) is 1.11. The van der Waals surface area contributed by atoms with Crippen LogP contribution in [0.15, 0.2) is 36.5 Å². The topological polar surface area (TPSA) is 42.1 Å². The quantitative estimate of drug-likeness (QED) is 0.926. The zero-order valence-corrected chi connectivity index (χ0v) is 12.4. The van der Waals surface area contributed by atoms with Gasteiger partial charge in [0.1, 0.15) is 5.82 Å². The van der Waals surface area contributed by atoms with Crippen LogP contribution in [0.1, 0.15) is 11.1 Å². The van der Waals surface area contributed by atoms with Crippen molar-refractivity contribution < 1.29 is 0 Å². The molecular formula is C15H15Cl2N3. The van der Waals surface area contributed by atoms with Crippen molar-refractivity contribution in [2.24, 2.45) is 5.73 Å². The fourth-order valence-electron chi connectivity index (χ4n) is 2.66. The van der Waals surface area contributed by atoms with Crippen LogP contribution in [0.5, 0.6) is 0 Å². The average Bonchev–Trinajstić information content (AvgIpc) is 2.46. The third-order valence-corrected chi connectivity index (χ3v) is 4.17. The lowest BCUT2D eigenvalue weighted by Crippen LogP contribution is -2.45. The highest BCUT2D eigenvalue weighted by Crippen LogP contribution is 2.32. The smallest absolute Gasteiger partial charge is 0.148 e. The molecule has 0 saturated carbocycles. The Balaban J connectivity index is 2.00. The monoisotopic (exact) mass is 307 g/mol. The maximum atomic E-state index is 6.28. The largest absolute Gasteiger partial charge is 0.346 e. The van der Waals surface area contributed by atoms with Crippen LogP contribution in [0.4, 0.5) is 5.82 Å². The lowest BCUT2D eigenvalue weighted by atomic mass is 9.94. The van der Waals surface area contributed by atoms with Gasteiger partial charge >= 0.3 is 0 Å². The number of anilines is 1. The number of nitrogens with two attached hydrogens (primary N) is 1. The molecule has 1 atom stereocenters. The summed E-state index contributed by atoms with van der Waals surface area (Å²) in [6.07, 6.45) is 2.53. The Labute approximate surface area is 128 Å². The molecule has 1 aromatic carbocycles. The Hall–Kier alpha value is -1.29. The number of pyridine rings is 1. The number of aromatic nitrogens is 1. The van der Waals surface area contributed by atoms with Crippen LogP contribution in [0, 0.1) is 0 Å². The molecule has 1 unspecified atom stereocenters. The number of hydrogen-bond acceptors (Lipinski definition) is 3. The van der Waals surface area contributed by atoms with E-state index in [1.807, 2.05) is 0 Å². The molecule has 0 spiro atoms. The van der Waals surface area contributed by atoms with Crippen LogP contribution in [-0.4, -0.2) is 17.6 Å². The molecule has 0 radical (unpaired) electrons. The van der Waals surface area contributed by atoms with E-state index in [-0.39, 0.29) is 6.04 Å². The maximum Gasteiger partial charge on any atom is 0.148 e. The Bertz CT molecular complexity index is 630. The summed E-state index contributed by atoms with van der Waals surface area (Å²) in [5.41, 5.74) is 8.58. The number of nitrogens with zero attached hydrogens (tertiary/aromatic N) is 2. The fraction of sp³-hybridized carbons (Fsp3) is 0.267. The average molecular weight is 308 g/mol. The van der Waals surface area contributed by atoms with Gasteiger partial charge < -0.3 is 10.6 Å². The molecule has 1 aliphatic heterocycles. The Kier molecular flexibility index (Phi) is 3.83. The highest BCUT2D eigenvalue weighted by atomic mass is 35.5. The van der Waals surface area contributed by atoms with E-state index in [9.17, 15) is 0 Å². The molecule has 3 rings (SSSR count). The van der Waals surface area contributed by atoms with Crippen molar-refractivity contribution in [1.29, 1.82) is 0 Å². The third-order valence-electron chi connectivity index (χ3n) is 3.69. The van der Waals surface area contributed by atoms with Crippen LogP contribution in [0.3, 0.4) is 0 Å². The van der Waals surface area contributed by atoms with Gasteiger partial charge in [0.05, 0.1) is 10.0 Å². The standard InChI is InChI=1S/C15H15Cl2N3/c16-12-6-14(17)15(19-8-12)20-9-11-4-2-1-3-10(11)5-13(20)7-18/h1-4,6,8,13H,5,7,9,18H2. The van der Waals surface area contributed by atoms with Crippen molar-refractivity contribution in [3.05, 3.63) is 57.7 Å². The van der Waals surface area contributed by atoms with Crippen LogP contribution >= 0.6 is 23.2 Å². The molecule has 2 N–H and O–H groups in total. The van der Waals surface area contributed by atoms with E-state index in [4.69, 9.17) is 28.9 Å². The molecule has 3 nitrogen and oxygen atoms in total. The predicted molar refractivity (Wildman–Crippen MR) is 83.4 cm³/mol. The molecule has 104 valence electrons. The molecule has 0 bridgehead atoms. The zero-order valence-electron chi connectivity index (χ0n) is 10.9. The molecule has 1 aliphatic rings. The number of rotatable bonds is 2. The second-order valence-electron chi connectivity index (χ2n) is 4.95. The molecule has 0 saturated heterocycles. The second kappa shape index (κ2) is 5.60. The second-order valence-corrected chi connectivity index (χ2v) is 5.79. The molecule has 2 heterocycles. The minimum Gasteiger partial charge on any atom is -0.346 e. The van der Waals surface area contributed by atoms with Crippen LogP contribution < -0.4 is 10.6 Å². The zero-order chi connectivity index (χ0) is 14.1. The van der Waals surface area contributed by atoms with E-state index in [2.05, 4.69) is 34.1 Å². The molecule has 2 aromatic rings. The summed E-state index contributed by atoms with van der Waals surface area (Å²) in [6.45, 7) is 1.33. The van der Waals surface area contributed by atoms with E-state index in [0.29, 0.717) is 16.6 Å². The molecule has 0 amide bonds. The number of benzene rings is 1. The molecule has 1 aromatic heterocycles. The van der Waals surface area contributed by atoms with Crippen molar-refractivity contribution in [1.82, 2.24) is 4.98 Å². The Morgan fingerprint density at radius 2 is 2.00 bits per heavy atom. The SMILES string of the molecule is NCC1Cc2ccccc2CN1c1ncc(Cl)cc1Cl. The first-order valence-electron chi connectivity index (χ1n) is 6.53. The van der Waals surface area contributed by atoms with Gasteiger partial charge in [0.2, 0.25) is 0 Å². The number of halogens is 2. The van der Waals surface area contributed by atoms with Gasteiger partial charge in [-0.3, -0.25) is 0 Å². The highest BCUT2D eigenvalue weighted by molar-refractivity contribution is 6.36. The summed E-state index contributed by atoms with van der Waals surface area (Å²) in [6, 6.07) is 10.3. The van der Waals surface area contributed by atoms with Crippen LogP contribution in [0.25, 0.3) is 0 Å². The fourth-order valence-corrected chi connectivity index (χ4v) is 3.15. The summed E-state index contributed by atoms with van der Waals surface area (Å²) in [7, 11) is 0. The van der Waals surface area contributed by atoms with Gasteiger partial charge in [-0.2, -0.15) is 0 Å². The third kappa shape index (κ3) is 2.49. The summed E-state index contributed by atoms with van der Waals surface area (Å²) < 4.78 is 0. The summed E-state index contributed by atoms with van der Waals surface area (Å²) in [4.78, 5) is 6.55. The highest BCUT2D eigenvalue weighted by Gasteiger charge is 2.27. The molecule has 0 fully saturated rings. The molecule has 20 heavy (non-hydrogen) atoms. The normalized spacial score (nSPS) is 17.9. The van der Waals surface area contributed by atoms with Crippen molar-refractivity contribution in [3.63, 3.8) is 0 Å². The first-order chi connectivity index (χ1) is 9.69. The van der Waals surface area contributed by atoms with Gasteiger partial charge in [0, 0.05) is 25.3 Å². The Morgan fingerprint density at radius 3 is 2.70 bits per heavy atom. The van der Waals surface area contributed by atoms with Gasteiger partial charge in [-0.25, -0.2) is 4.98 Å². The van der Waals surface area contributed by atoms with Crippen molar-refractivity contribution in [3.8, 4) is 0 Å². The van der Waals surface area contributed by atoms with Crippen LogP contribution in [-0.2, 0) is 13.0 Å². The minimum absolute atomic E-state index is 0.205. The van der Waals surface area contributed by atoms with Gasteiger partial charge in [-0.05, 0) is 23.6 Å². The van der Waals surface area contributed by atoms with Crippen molar-refractivity contribution >= 4 is 29.0 Å². The van der Waals surface area contributed by atoms with Crippen LogP contribution in [0.2, 0.25) is 10.0 Å². The van der Waals surface area contributed by atoms with E-state index >= 15 is 0 Å². The molecular weight excluding hydrogens is 293 g/mol.